The van der Waals surface area contributed by atoms with Gasteiger partial charge < -0.3 is 9.72 Å². The molecular weight excluding hydrogens is 378 g/mol. The van der Waals surface area contributed by atoms with Crippen LogP contribution in [0.25, 0.3) is 10.9 Å². The predicted octanol–water partition coefficient (Wildman–Crippen LogP) is 1.74. The Hall–Kier alpha value is -2.71. The van der Waals surface area contributed by atoms with E-state index in [9.17, 15) is 14.4 Å². The summed E-state index contributed by atoms with van der Waals surface area (Å²) >= 11 is 1.77. The Balaban J connectivity index is 1.28. The van der Waals surface area contributed by atoms with E-state index in [1.54, 1.807) is 35.6 Å². The molecule has 8 heteroatoms. The number of esters is 1. The summed E-state index contributed by atoms with van der Waals surface area (Å²) < 4.78 is 6.45. The van der Waals surface area contributed by atoms with Gasteiger partial charge in [-0.3, -0.25) is 19.1 Å². The number of aromatic amines is 1. The number of carbonyl (C=O) groups excluding carboxylic acids is 1. The van der Waals surface area contributed by atoms with E-state index in [0.29, 0.717) is 17.3 Å². The molecule has 28 heavy (non-hydrogen) atoms. The molecule has 3 heterocycles. The number of hydrogen-bond acceptors (Lipinski definition) is 6. The van der Waals surface area contributed by atoms with E-state index in [1.807, 2.05) is 0 Å². The second-order valence-electron chi connectivity index (χ2n) is 6.84. The molecule has 0 aliphatic carbocycles. The van der Waals surface area contributed by atoms with Crippen molar-refractivity contribution in [1.29, 1.82) is 0 Å². The summed E-state index contributed by atoms with van der Waals surface area (Å²) in [4.78, 5) is 42.8. The average Bonchev–Trinajstić information content (AvgIpc) is 3.15. The van der Waals surface area contributed by atoms with Crippen molar-refractivity contribution in [3.8, 4) is 0 Å². The Morgan fingerprint density at radius 2 is 2.07 bits per heavy atom. The highest BCUT2D eigenvalue weighted by molar-refractivity contribution is 7.10. The van der Waals surface area contributed by atoms with Crippen molar-refractivity contribution >= 4 is 28.2 Å². The van der Waals surface area contributed by atoms with Gasteiger partial charge in [0.15, 0.2) is 0 Å². The highest BCUT2D eigenvalue weighted by Gasteiger charge is 2.19. The highest BCUT2D eigenvalue weighted by Crippen LogP contribution is 2.23. The number of benzene rings is 1. The second kappa shape index (κ2) is 8.12. The van der Waals surface area contributed by atoms with Crippen molar-refractivity contribution in [3.63, 3.8) is 0 Å². The van der Waals surface area contributed by atoms with Gasteiger partial charge in [0.1, 0.15) is 0 Å². The topological polar surface area (TPSA) is 84.4 Å². The maximum atomic E-state index is 12.4. The monoisotopic (exact) mass is 399 g/mol. The molecule has 2 aromatic heterocycles. The fraction of sp³-hybridized carbons (Fsp3) is 0.350. The zero-order chi connectivity index (χ0) is 19.5. The van der Waals surface area contributed by atoms with Crippen molar-refractivity contribution in [1.82, 2.24) is 14.5 Å². The van der Waals surface area contributed by atoms with Crippen LogP contribution in [0.2, 0.25) is 0 Å². The standard InChI is InChI=1S/C20H21N3O4S/c24-18(13-22-9-6-17-14(12-22)7-11-28-17)27-10-3-8-23-19(25)15-4-1-2-5-16(15)21-20(23)26/h1-2,4-5,7,11H,3,6,8-10,12-13H2,(H,21,26). The molecule has 1 N–H and O–H groups in total. The molecule has 1 aliphatic heterocycles. The van der Waals surface area contributed by atoms with Crippen LogP contribution in [0.3, 0.4) is 0 Å². The maximum Gasteiger partial charge on any atom is 0.328 e. The predicted molar refractivity (Wildman–Crippen MR) is 108 cm³/mol. The van der Waals surface area contributed by atoms with Crippen LogP contribution in [0.5, 0.6) is 0 Å². The number of nitrogens with zero attached hydrogens (tertiary/aromatic N) is 2. The summed E-state index contributed by atoms with van der Waals surface area (Å²) in [5.74, 6) is -0.279. The van der Waals surface area contributed by atoms with Gasteiger partial charge in [0.25, 0.3) is 5.56 Å². The van der Waals surface area contributed by atoms with E-state index < -0.39 is 5.69 Å². The lowest BCUT2D eigenvalue weighted by atomic mass is 10.1. The Bertz CT molecular complexity index is 1110. The molecule has 0 fully saturated rings. The number of para-hydroxylation sites is 1. The lowest BCUT2D eigenvalue weighted by Gasteiger charge is -2.25. The Kier molecular flexibility index (Phi) is 5.40. The van der Waals surface area contributed by atoms with Crippen LogP contribution in [0, 0.1) is 0 Å². The molecule has 0 saturated carbocycles. The average molecular weight is 399 g/mol. The normalized spacial score (nSPS) is 14.1. The molecule has 0 spiro atoms. The summed E-state index contributed by atoms with van der Waals surface area (Å²) in [6.07, 6.45) is 1.37. The van der Waals surface area contributed by atoms with Crippen LogP contribution in [-0.4, -0.2) is 40.1 Å². The summed E-state index contributed by atoms with van der Waals surface area (Å²) in [5.41, 5.74) is 1.04. The summed E-state index contributed by atoms with van der Waals surface area (Å²) in [6, 6.07) is 9.01. The SMILES string of the molecule is O=C(CN1CCc2sccc2C1)OCCCn1c(=O)[nH]c2ccccc2c1=O. The van der Waals surface area contributed by atoms with E-state index >= 15 is 0 Å². The molecule has 0 saturated heterocycles. The van der Waals surface area contributed by atoms with Gasteiger partial charge in [-0.05, 0) is 42.0 Å². The number of aromatic nitrogens is 2. The number of ether oxygens (including phenoxy) is 1. The second-order valence-corrected chi connectivity index (χ2v) is 7.84. The molecule has 3 aromatic rings. The zero-order valence-corrected chi connectivity index (χ0v) is 16.2. The molecular formula is C20H21N3O4S. The minimum absolute atomic E-state index is 0.176. The number of thiophene rings is 1. The van der Waals surface area contributed by atoms with E-state index in [-0.39, 0.29) is 31.2 Å². The minimum atomic E-state index is -0.449. The number of H-pyrrole nitrogens is 1. The Morgan fingerprint density at radius 1 is 1.21 bits per heavy atom. The van der Waals surface area contributed by atoms with Crippen molar-refractivity contribution in [3.05, 3.63) is 67.0 Å². The number of rotatable bonds is 6. The number of carbonyl (C=O) groups is 1. The molecule has 146 valence electrons. The summed E-state index contributed by atoms with van der Waals surface area (Å²) in [7, 11) is 0. The molecule has 1 aliphatic rings. The van der Waals surface area contributed by atoms with Crippen molar-refractivity contribution in [2.45, 2.75) is 25.9 Å². The van der Waals surface area contributed by atoms with Gasteiger partial charge in [-0.2, -0.15) is 0 Å². The van der Waals surface area contributed by atoms with Crippen LogP contribution in [0.4, 0.5) is 0 Å². The number of hydrogen-bond donors (Lipinski definition) is 1. The summed E-state index contributed by atoms with van der Waals surface area (Å²) in [6.45, 7) is 2.26. The molecule has 0 bridgehead atoms. The first kappa shape index (κ1) is 18.6. The number of fused-ring (bicyclic) bond motifs is 2. The highest BCUT2D eigenvalue weighted by atomic mass is 32.1. The van der Waals surface area contributed by atoms with Gasteiger partial charge in [-0.15, -0.1) is 11.3 Å². The first-order valence-corrected chi connectivity index (χ1v) is 10.1. The first-order valence-electron chi connectivity index (χ1n) is 9.27. The maximum absolute atomic E-state index is 12.4. The molecule has 0 atom stereocenters. The molecule has 0 amide bonds. The molecule has 0 unspecified atom stereocenters. The third-order valence-electron chi connectivity index (χ3n) is 4.92. The third-order valence-corrected chi connectivity index (χ3v) is 5.94. The fourth-order valence-electron chi connectivity index (χ4n) is 3.48. The molecule has 4 rings (SSSR count). The lowest BCUT2D eigenvalue weighted by Crippen LogP contribution is -2.36. The minimum Gasteiger partial charge on any atom is -0.465 e. The largest absolute Gasteiger partial charge is 0.465 e. The van der Waals surface area contributed by atoms with Crippen molar-refractivity contribution < 1.29 is 9.53 Å². The van der Waals surface area contributed by atoms with Gasteiger partial charge in [0, 0.05) is 24.5 Å². The van der Waals surface area contributed by atoms with E-state index in [1.165, 1.54) is 10.4 Å². The quantitative estimate of drug-likeness (QED) is 0.504. The summed E-state index contributed by atoms with van der Waals surface area (Å²) in [5, 5.41) is 2.56. The van der Waals surface area contributed by atoms with Crippen LogP contribution >= 0.6 is 11.3 Å². The fourth-order valence-corrected chi connectivity index (χ4v) is 4.37. The molecule has 1 aromatic carbocycles. The van der Waals surface area contributed by atoms with Crippen LogP contribution in [0.15, 0.2) is 45.3 Å². The lowest BCUT2D eigenvalue weighted by molar-refractivity contribution is -0.145. The third kappa shape index (κ3) is 3.93. The first-order chi connectivity index (χ1) is 13.6. The number of nitrogens with one attached hydrogen (secondary N) is 1. The van der Waals surface area contributed by atoms with Crippen LogP contribution < -0.4 is 11.2 Å². The molecule has 7 nitrogen and oxygen atoms in total. The van der Waals surface area contributed by atoms with E-state index in [0.717, 1.165) is 24.1 Å². The Labute approximate surface area is 165 Å². The van der Waals surface area contributed by atoms with Crippen LogP contribution in [-0.2, 0) is 29.0 Å². The smallest absolute Gasteiger partial charge is 0.328 e. The van der Waals surface area contributed by atoms with Gasteiger partial charge in [-0.1, -0.05) is 12.1 Å². The van der Waals surface area contributed by atoms with Crippen molar-refractivity contribution in [2.24, 2.45) is 0 Å². The van der Waals surface area contributed by atoms with Gasteiger partial charge in [0.05, 0.1) is 24.1 Å². The van der Waals surface area contributed by atoms with Crippen LogP contribution in [0.1, 0.15) is 16.9 Å². The van der Waals surface area contributed by atoms with Gasteiger partial charge in [0.2, 0.25) is 0 Å². The molecule has 0 radical (unpaired) electrons. The Morgan fingerprint density at radius 3 is 2.96 bits per heavy atom. The zero-order valence-electron chi connectivity index (χ0n) is 15.3. The van der Waals surface area contributed by atoms with E-state index in [2.05, 4.69) is 21.3 Å². The van der Waals surface area contributed by atoms with E-state index in [4.69, 9.17) is 4.74 Å². The van der Waals surface area contributed by atoms with Crippen molar-refractivity contribution in [2.75, 3.05) is 19.7 Å². The van der Waals surface area contributed by atoms with Gasteiger partial charge >= 0.3 is 11.7 Å². The van der Waals surface area contributed by atoms with Gasteiger partial charge in [-0.25, -0.2) is 4.79 Å².